The first-order chi connectivity index (χ1) is 10.7. The van der Waals surface area contributed by atoms with E-state index in [1.54, 1.807) is 0 Å². The average molecular weight is 305 g/mol. The van der Waals surface area contributed by atoms with Gasteiger partial charge < -0.3 is 14.8 Å². The summed E-state index contributed by atoms with van der Waals surface area (Å²) in [7, 11) is 0. The van der Waals surface area contributed by atoms with Crippen LogP contribution < -0.4 is 5.32 Å². The number of esters is 1. The van der Waals surface area contributed by atoms with E-state index < -0.39 is 5.97 Å². The zero-order valence-corrected chi connectivity index (χ0v) is 13.0. The lowest BCUT2D eigenvalue weighted by molar-refractivity contribution is -0.149. The number of rotatable bonds is 7. The van der Waals surface area contributed by atoms with Gasteiger partial charge in [0.2, 0.25) is 0 Å². The molecule has 0 bridgehead atoms. The second-order valence-corrected chi connectivity index (χ2v) is 5.32. The van der Waals surface area contributed by atoms with Crippen molar-refractivity contribution in [2.24, 2.45) is 0 Å². The van der Waals surface area contributed by atoms with E-state index in [0.29, 0.717) is 13.2 Å². The summed E-state index contributed by atoms with van der Waals surface area (Å²) < 4.78 is 10.0. The van der Waals surface area contributed by atoms with Gasteiger partial charge in [-0.3, -0.25) is 9.59 Å². The minimum Gasteiger partial charge on any atom is -0.456 e. The van der Waals surface area contributed by atoms with E-state index in [1.807, 2.05) is 25.1 Å². The predicted molar refractivity (Wildman–Crippen MR) is 82.3 cm³/mol. The summed E-state index contributed by atoms with van der Waals surface area (Å²) >= 11 is 0. The molecule has 1 aromatic carbocycles. The highest BCUT2D eigenvalue weighted by Gasteiger charge is 2.21. The number of carbonyl (C=O) groups is 2. The molecule has 1 unspecified atom stereocenters. The fourth-order valence-electron chi connectivity index (χ4n) is 2.66. The molecule has 120 valence electrons. The zero-order chi connectivity index (χ0) is 15.8. The molecule has 1 N–H and O–H groups in total. The molecule has 22 heavy (non-hydrogen) atoms. The fraction of sp³-hybridized carbons (Fsp3) is 0.529. The minimum absolute atomic E-state index is 0.0135. The number of hydrogen-bond donors (Lipinski definition) is 1. The Labute approximate surface area is 131 Å². The third-order valence-electron chi connectivity index (χ3n) is 3.72. The number of aryl methyl sites for hydroxylation is 1. The van der Waals surface area contributed by atoms with Crippen LogP contribution in [0.3, 0.4) is 0 Å². The van der Waals surface area contributed by atoms with Crippen molar-refractivity contribution in [1.29, 1.82) is 0 Å². The molecule has 1 aromatic rings. The van der Waals surface area contributed by atoms with Gasteiger partial charge in [0.1, 0.15) is 0 Å². The van der Waals surface area contributed by atoms with Gasteiger partial charge in [-0.25, -0.2) is 0 Å². The lowest BCUT2D eigenvalue weighted by Gasteiger charge is -2.26. The Morgan fingerprint density at radius 2 is 2.14 bits per heavy atom. The first-order valence-corrected chi connectivity index (χ1v) is 7.81. The Bertz CT molecular complexity index is 515. The maximum atomic E-state index is 11.9. The molecule has 0 aromatic heterocycles. The van der Waals surface area contributed by atoms with Crippen LogP contribution in [0.4, 0.5) is 0 Å². The lowest BCUT2D eigenvalue weighted by Crippen LogP contribution is -2.34. The highest BCUT2D eigenvalue weighted by atomic mass is 16.5. The van der Waals surface area contributed by atoms with Crippen molar-refractivity contribution >= 4 is 11.9 Å². The van der Waals surface area contributed by atoms with E-state index in [-0.39, 0.29) is 25.0 Å². The highest BCUT2D eigenvalue weighted by Crippen LogP contribution is 2.29. The summed E-state index contributed by atoms with van der Waals surface area (Å²) in [6.07, 6.45) is 3.19. The molecule has 2 rings (SSSR count). The molecule has 0 radical (unpaired) electrons. The van der Waals surface area contributed by atoms with Gasteiger partial charge in [-0.2, -0.15) is 0 Å². The van der Waals surface area contributed by atoms with Crippen LogP contribution in [-0.4, -0.2) is 31.7 Å². The number of carbonyl (C=O) groups excluding carboxylic acids is 2. The summed E-state index contributed by atoms with van der Waals surface area (Å²) in [4.78, 5) is 23.4. The van der Waals surface area contributed by atoms with Crippen molar-refractivity contribution in [1.82, 2.24) is 5.32 Å². The quantitative estimate of drug-likeness (QED) is 0.619. The van der Waals surface area contributed by atoms with Gasteiger partial charge >= 0.3 is 5.97 Å². The van der Waals surface area contributed by atoms with Crippen LogP contribution in [0.5, 0.6) is 0 Å². The van der Waals surface area contributed by atoms with Gasteiger partial charge in [0.15, 0.2) is 6.61 Å². The van der Waals surface area contributed by atoms with Crippen LogP contribution in [0.15, 0.2) is 24.3 Å². The van der Waals surface area contributed by atoms with Gasteiger partial charge in [0.25, 0.3) is 5.91 Å². The molecule has 5 nitrogen and oxygen atoms in total. The molecule has 0 saturated heterocycles. The standard InChI is InChI=1S/C17H23NO4/c1-2-21-11-10-17(20)22-12-16(19)18-15-9-5-7-13-6-3-4-8-14(13)15/h3-4,6,8,15H,2,5,7,9-12H2,1H3,(H,18,19). The van der Waals surface area contributed by atoms with Crippen molar-refractivity contribution in [3.8, 4) is 0 Å². The molecule has 0 spiro atoms. The molecule has 0 aliphatic heterocycles. The Hall–Kier alpha value is -1.88. The second kappa shape index (κ2) is 8.54. The van der Waals surface area contributed by atoms with Crippen LogP contribution in [0.2, 0.25) is 0 Å². The van der Waals surface area contributed by atoms with Crippen LogP contribution in [0.25, 0.3) is 0 Å². The number of nitrogens with one attached hydrogen (secondary N) is 1. The van der Waals surface area contributed by atoms with Gasteiger partial charge in [-0.05, 0) is 37.3 Å². The molecule has 1 aliphatic rings. The molecular weight excluding hydrogens is 282 g/mol. The Balaban J connectivity index is 1.77. The van der Waals surface area contributed by atoms with Crippen molar-refractivity contribution in [3.05, 3.63) is 35.4 Å². The van der Waals surface area contributed by atoms with Crippen LogP contribution in [-0.2, 0) is 25.5 Å². The number of ether oxygens (including phenoxy) is 2. The van der Waals surface area contributed by atoms with Gasteiger partial charge in [-0.1, -0.05) is 24.3 Å². The zero-order valence-electron chi connectivity index (χ0n) is 13.0. The number of fused-ring (bicyclic) bond motifs is 1. The highest BCUT2D eigenvalue weighted by molar-refractivity contribution is 5.81. The fourth-order valence-corrected chi connectivity index (χ4v) is 2.66. The molecule has 5 heteroatoms. The maximum Gasteiger partial charge on any atom is 0.308 e. The van der Waals surface area contributed by atoms with E-state index in [2.05, 4.69) is 11.4 Å². The lowest BCUT2D eigenvalue weighted by atomic mass is 9.88. The largest absolute Gasteiger partial charge is 0.456 e. The Morgan fingerprint density at radius 3 is 2.95 bits per heavy atom. The monoisotopic (exact) mass is 305 g/mol. The molecule has 0 saturated carbocycles. The predicted octanol–water partition coefficient (Wildman–Crippen LogP) is 2.15. The summed E-state index contributed by atoms with van der Waals surface area (Å²) in [6.45, 7) is 2.52. The van der Waals surface area contributed by atoms with Crippen LogP contribution >= 0.6 is 0 Å². The van der Waals surface area contributed by atoms with E-state index in [1.165, 1.54) is 11.1 Å². The average Bonchev–Trinajstić information content (AvgIpc) is 2.54. The Kier molecular flexibility index (Phi) is 6.40. The number of hydrogen-bond acceptors (Lipinski definition) is 4. The third-order valence-corrected chi connectivity index (χ3v) is 3.72. The topological polar surface area (TPSA) is 64.6 Å². The van der Waals surface area contributed by atoms with Gasteiger partial charge in [0.05, 0.1) is 19.1 Å². The molecule has 0 fully saturated rings. The summed E-state index contributed by atoms with van der Waals surface area (Å²) in [5.41, 5.74) is 2.46. The minimum atomic E-state index is -0.410. The van der Waals surface area contributed by atoms with Gasteiger partial charge in [0, 0.05) is 6.61 Å². The molecule has 0 heterocycles. The summed E-state index contributed by atoms with van der Waals surface area (Å²) in [5, 5.41) is 2.95. The second-order valence-electron chi connectivity index (χ2n) is 5.32. The maximum absolute atomic E-state index is 11.9. The molecular formula is C17H23NO4. The summed E-state index contributed by atoms with van der Waals surface area (Å²) in [6, 6.07) is 8.16. The van der Waals surface area contributed by atoms with E-state index in [0.717, 1.165) is 19.3 Å². The van der Waals surface area contributed by atoms with Crippen molar-refractivity contribution < 1.29 is 19.1 Å². The van der Waals surface area contributed by atoms with E-state index in [4.69, 9.17) is 9.47 Å². The van der Waals surface area contributed by atoms with E-state index in [9.17, 15) is 9.59 Å². The molecule has 1 atom stereocenters. The Morgan fingerprint density at radius 1 is 1.32 bits per heavy atom. The summed E-state index contributed by atoms with van der Waals surface area (Å²) in [5.74, 6) is -0.667. The number of amides is 1. The number of benzene rings is 1. The van der Waals surface area contributed by atoms with E-state index >= 15 is 0 Å². The van der Waals surface area contributed by atoms with Crippen molar-refractivity contribution in [3.63, 3.8) is 0 Å². The van der Waals surface area contributed by atoms with Gasteiger partial charge in [-0.15, -0.1) is 0 Å². The smallest absolute Gasteiger partial charge is 0.308 e. The van der Waals surface area contributed by atoms with Crippen molar-refractivity contribution in [2.45, 2.75) is 38.6 Å². The normalized spacial score (nSPS) is 16.7. The third kappa shape index (κ3) is 4.84. The van der Waals surface area contributed by atoms with Crippen LogP contribution in [0, 0.1) is 0 Å². The first-order valence-electron chi connectivity index (χ1n) is 7.81. The molecule has 1 aliphatic carbocycles. The SMILES string of the molecule is CCOCCC(=O)OCC(=O)NC1CCCc2ccccc21. The molecule has 1 amide bonds. The first kappa shape index (κ1) is 16.5. The van der Waals surface area contributed by atoms with Crippen LogP contribution in [0.1, 0.15) is 43.4 Å². The van der Waals surface area contributed by atoms with Crippen molar-refractivity contribution in [2.75, 3.05) is 19.8 Å².